The zero-order chi connectivity index (χ0) is 38.1. The summed E-state index contributed by atoms with van der Waals surface area (Å²) in [6.45, 7) is 10.0. The molecule has 0 radical (unpaired) electrons. The normalized spacial score (nSPS) is 17.7. The average Bonchev–Trinajstić information content (AvgIpc) is 3.85. The van der Waals surface area contributed by atoms with Crippen molar-refractivity contribution in [2.24, 2.45) is 11.5 Å². The van der Waals surface area contributed by atoms with Gasteiger partial charge in [0.2, 0.25) is 0 Å². The molecule has 0 bridgehead atoms. The minimum Gasteiger partial charge on any atom is -0.393 e. The largest absolute Gasteiger partial charge is 0.393 e. The number of nitrogens with zero attached hydrogens (tertiary/aromatic N) is 8. The number of rotatable bonds is 11. The molecule has 2 saturated heterocycles. The molecule has 0 aliphatic carbocycles. The maximum Gasteiger partial charge on any atom is 0.272 e. The van der Waals surface area contributed by atoms with Crippen LogP contribution in [0.1, 0.15) is 72.2 Å². The number of benzene rings is 1. The lowest BCUT2D eigenvalue weighted by molar-refractivity contribution is -0.117. The molecule has 4 aromatic rings. The Labute approximate surface area is 315 Å². The van der Waals surface area contributed by atoms with Gasteiger partial charge in [-0.25, -0.2) is 15.0 Å². The van der Waals surface area contributed by atoms with Crippen molar-refractivity contribution in [1.29, 1.82) is 0 Å². The second-order valence-corrected chi connectivity index (χ2v) is 14.2. The fourth-order valence-corrected chi connectivity index (χ4v) is 7.50. The van der Waals surface area contributed by atoms with E-state index in [1.165, 1.54) is 7.05 Å². The van der Waals surface area contributed by atoms with Crippen LogP contribution in [0, 0.1) is 6.92 Å². The molecule has 6 heterocycles. The third kappa shape index (κ3) is 7.18. The highest BCUT2D eigenvalue weighted by molar-refractivity contribution is 5.96. The molecule has 3 aliphatic heterocycles. The molecular formula is C39H49N13O2. The summed E-state index contributed by atoms with van der Waals surface area (Å²) in [6, 6.07) is 13.8. The Hall–Kier alpha value is -5.96. The second-order valence-electron chi connectivity index (χ2n) is 14.2. The van der Waals surface area contributed by atoms with E-state index in [-0.39, 0.29) is 29.5 Å². The molecule has 3 aliphatic rings. The maximum atomic E-state index is 12.9. The molecule has 7 N–H and O–H groups in total. The number of pyridine rings is 1. The number of aromatic nitrogens is 5. The molecule has 54 heavy (non-hydrogen) atoms. The van der Waals surface area contributed by atoms with Crippen molar-refractivity contribution < 1.29 is 9.59 Å². The van der Waals surface area contributed by atoms with Gasteiger partial charge < -0.3 is 37.2 Å². The number of likely N-dealkylation sites (tertiary alicyclic amines) is 2. The smallest absolute Gasteiger partial charge is 0.272 e. The van der Waals surface area contributed by atoms with Crippen molar-refractivity contribution in [3.05, 3.63) is 101 Å². The first kappa shape index (κ1) is 36.4. The molecule has 1 unspecified atom stereocenters. The van der Waals surface area contributed by atoms with Crippen LogP contribution >= 0.6 is 0 Å². The van der Waals surface area contributed by atoms with Crippen LogP contribution in [0.15, 0.2) is 72.0 Å². The molecule has 7 rings (SSSR count). The van der Waals surface area contributed by atoms with E-state index in [9.17, 15) is 9.59 Å². The SMILES string of the molecule is CCc1nc(C)cc(N/C(N)=C/C(Nc2cccc3c2N(C)C(C)c2c-3cnn2C2CN(Cc3cccc(C(=O)N4CCCC4)n3)C2)=C(\N)C(=O)NC)n1. The topological polar surface area (TPSA) is 188 Å². The summed E-state index contributed by atoms with van der Waals surface area (Å²) < 4.78 is 2.17. The van der Waals surface area contributed by atoms with Gasteiger partial charge in [-0.3, -0.25) is 19.2 Å². The van der Waals surface area contributed by atoms with E-state index >= 15 is 0 Å². The Kier molecular flexibility index (Phi) is 10.2. The van der Waals surface area contributed by atoms with E-state index in [4.69, 9.17) is 21.5 Å². The summed E-state index contributed by atoms with van der Waals surface area (Å²) in [5, 5.41) is 14.1. The van der Waals surface area contributed by atoms with E-state index < -0.39 is 5.91 Å². The number of nitrogens with one attached hydrogen (secondary N) is 3. The van der Waals surface area contributed by atoms with E-state index in [2.05, 4.69) is 60.4 Å². The van der Waals surface area contributed by atoms with Gasteiger partial charge in [0.1, 0.15) is 28.9 Å². The monoisotopic (exact) mass is 731 g/mol. The highest BCUT2D eigenvalue weighted by Gasteiger charge is 2.37. The number of hydrogen-bond acceptors (Lipinski definition) is 12. The van der Waals surface area contributed by atoms with Gasteiger partial charge in [0.15, 0.2) is 0 Å². The number of para-hydroxylation sites is 1. The van der Waals surface area contributed by atoms with Crippen molar-refractivity contribution >= 4 is 29.0 Å². The van der Waals surface area contributed by atoms with Crippen LogP contribution in [0.2, 0.25) is 0 Å². The van der Waals surface area contributed by atoms with Gasteiger partial charge in [-0.15, -0.1) is 0 Å². The minimum atomic E-state index is -0.448. The van der Waals surface area contributed by atoms with Gasteiger partial charge in [0.25, 0.3) is 11.8 Å². The van der Waals surface area contributed by atoms with Crippen LogP contribution in [-0.4, -0.2) is 86.6 Å². The van der Waals surface area contributed by atoms with Crippen LogP contribution in [0.4, 0.5) is 17.2 Å². The van der Waals surface area contributed by atoms with E-state index in [1.807, 2.05) is 55.3 Å². The predicted molar refractivity (Wildman–Crippen MR) is 209 cm³/mol. The standard InChI is InChI=1S/C39H49N13O2/c1-6-33-44-23(2)17-34(48-33)47-32(40)18-31(35(41)38(53)42-4)46-29-13-10-12-27-28-19-43-52(36(28)24(3)49(5)37(27)29)26-21-50(22-26)20-25-11-9-14-30(45-25)39(54)51-15-7-8-16-51/h9-14,17-19,24,26,46H,6-8,15-16,20-22,40-41H2,1-5H3,(H,42,53)(H,44,47,48)/b32-18+,35-31+. The van der Waals surface area contributed by atoms with Crippen LogP contribution in [-0.2, 0) is 17.8 Å². The third-order valence-corrected chi connectivity index (χ3v) is 10.4. The summed E-state index contributed by atoms with van der Waals surface area (Å²) in [5.74, 6) is 1.06. The van der Waals surface area contributed by atoms with Crippen LogP contribution < -0.4 is 32.3 Å². The highest BCUT2D eigenvalue weighted by atomic mass is 16.2. The van der Waals surface area contributed by atoms with Gasteiger partial charge in [-0.1, -0.05) is 25.1 Å². The van der Waals surface area contributed by atoms with Crippen molar-refractivity contribution in [3.8, 4) is 11.1 Å². The maximum absolute atomic E-state index is 12.9. The summed E-state index contributed by atoms with van der Waals surface area (Å²) in [5.41, 5.74) is 20.3. The molecule has 2 amide bonds. The lowest BCUT2D eigenvalue weighted by Crippen LogP contribution is -2.48. The van der Waals surface area contributed by atoms with Gasteiger partial charge in [0, 0.05) is 82.2 Å². The number of anilines is 3. The summed E-state index contributed by atoms with van der Waals surface area (Å²) in [6.07, 6.45) is 6.34. The second kappa shape index (κ2) is 15.2. The van der Waals surface area contributed by atoms with Gasteiger partial charge in [-0.2, -0.15) is 5.10 Å². The molecular weight excluding hydrogens is 683 g/mol. The first-order valence-corrected chi connectivity index (χ1v) is 18.5. The molecule has 2 fully saturated rings. The van der Waals surface area contributed by atoms with Crippen LogP contribution in [0.5, 0.6) is 0 Å². The first-order valence-electron chi connectivity index (χ1n) is 18.5. The Morgan fingerprint density at radius 1 is 1.00 bits per heavy atom. The van der Waals surface area contributed by atoms with Gasteiger partial charge in [-0.05, 0) is 44.9 Å². The van der Waals surface area contributed by atoms with Crippen molar-refractivity contribution in [2.45, 2.75) is 58.7 Å². The number of likely N-dealkylation sites (N-methyl/N-ethyl adjacent to an activating group) is 1. The number of fused-ring (bicyclic) bond motifs is 3. The summed E-state index contributed by atoms with van der Waals surface area (Å²) >= 11 is 0. The molecule has 15 nitrogen and oxygen atoms in total. The van der Waals surface area contributed by atoms with Gasteiger partial charge >= 0.3 is 0 Å². The van der Waals surface area contributed by atoms with E-state index in [0.717, 1.165) is 78.6 Å². The number of amides is 2. The van der Waals surface area contributed by atoms with E-state index in [1.54, 1.807) is 12.1 Å². The van der Waals surface area contributed by atoms with Crippen molar-refractivity contribution in [1.82, 2.24) is 39.8 Å². The lowest BCUT2D eigenvalue weighted by atomic mass is 9.93. The predicted octanol–water partition coefficient (Wildman–Crippen LogP) is 3.65. The highest BCUT2D eigenvalue weighted by Crippen LogP contribution is 2.48. The molecule has 282 valence electrons. The molecule has 0 saturated carbocycles. The number of nitrogens with two attached hydrogens (primary N) is 2. The number of carbonyl (C=O) groups is 2. The molecule has 0 spiro atoms. The fraction of sp³-hybridized carbons (Fsp3) is 0.385. The Morgan fingerprint density at radius 3 is 2.50 bits per heavy atom. The quantitative estimate of drug-likeness (QED) is 0.112. The van der Waals surface area contributed by atoms with Gasteiger partial charge in [0.05, 0.1) is 46.7 Å². The minimum absolute atomic E-state index is 0.0123. The molecule has 15 heteroatoms. The van der Waals surface area contributed by atoms with Crippen molar-refractivity contribution in [3.63, 3.8) is 0 Å². The Balaban J connectivity index is 1.11. The summed E-state index contributed by atoms with van der Waals surface area (Å²) in [4.78, 5) is 45.9. The number of hydrogen-bond donors (Lipinski definition) is 5. The Morgan fingerprint density at radius 2 is 1.76 bits per heavy atom. The summed E-state index contributed by atoms with van der Waals surface area (Å²) in [7, 11) is 3.59. The van der Waals surface area contributed by atoms with Crippen LogP contribution in [0.3, 0.4) is 0 Å². The van der Waals surface area contributed by atoms with E-state index in [0.29, 0.717) is 36.0 Å². The number of aryl methyl sites for hydroxylation is 2. The third-order valence-electron chi connectivity index (χ3n) is 10.4. The number of carbonyl (C=O) groups excluding carboxylic acids is 2. The molecule has 3 aromatic heterocycles. The van der Waals surface area contributed by atoms with Crippen LogP contribution in [0.25, 0.3) is 11.1 Å². The molecule has 1 aromatic carbocycles. The first-order chi connectivity index (χ1) is 26.0. The molecule has 1 atom stereocenters. The average molecular weight is 732 g/mol. The zero-order valence-corrected chi connectivity index (χ0v) is 31.6. The Bertz CT molecular complexity index is 2130. The number of allylic oxidation sites excluding steroid dienone is 1. The van der Waals surface area contributed by atoms with Crippen molar-refractivity contribution in [2.75, 3.05) is 55.8 Å². The fourth-order valence-electron chi connectivity index (χ4n) is 7.50. The lowest BCUT2D eigenvalue weighted by Gasteiger charge is -2.42. The zero-order valence-electron chi connectivity index (χ0n) is 31.6.